The first-order chi connectivity index (χ1) is 7.41. The Morgan fingerprint density at radius 1 is 1.12 bits per heavy atom. The van der Waals surface area contributed by atoms with Crippen LogP contribution in [0.25, 0.3) is 0 Å². The van der Waals surface area contributed by atoms with Gasteiger partial charge >= 0.3 is 5.97 Å². The number of esters is 1. The number of nitrogens with one attached hydrogen (secondary N) is 1. The number of hydrogen-bond acceptors (Lipinski definition) is 3. The summed E-state index contributed by atoms with van der Waals surface area (Å²) in [4.78, 5) is 12.1. The number of carbonyl (C=O) groups is 1. The van der Waals surface area contributed by atoms with Gasteiger partial charge in [-0.1, -0.05) is 13.8 Å². The van der Waals surface area contributed by atoms with Crippen LogP contribution in [0.4, 0.5) is 0 Å². The zero-order chi connectivity index (χ0) is 13.9. The van der Waals surface area contributed by atoms with Gasteiger partial charge in [0.25, 0.3) is 0 Å². The second kappa shape index (κ2) is 5.85. The van der Waals surface area contributed by atoms with Crippen LogP contribution in [0.5, 0.6) is 0 Å². The lowest BCUT2D eigenvalue weighted by molar-refractivity contribution is -0.158. The SMILES string of the molecule is CC(C)CC(NC(C)(C)C)C(=O)OC(C)(C)C. The molecule has 0 aromatic rings. The van der Waals surface area contributed by atoms with E-state index in [1.807, 2.05) is 20.8 Å². The first-order valence-electron chi connectivity index (χ1n) is 6.41. The molecule has 1 atom stereocenters. The van der Waals surface area contributed by atoms with E-state index in [-0.39, 0.29) is 17.6 Å². The van der Waals surface area contributed by atoms with Crippen molar-refractivity contribution >= 4 is 5.97 Å². The van der Waals surface area contributed by atoms with Crippen molar-refractivity contribution < 1.29 is 9.53 Å². The van der Waals surface area contributed by atoms with Crippen LogP contribution in [0.2, 0.25) is 0 Å². The summed E-state index contributed by atoms with van der Waals surface area (Å²) >= 11 is 0. The minimum absolute atomic E-state index is 0.0868. The van der Waals surface area contributed by atoms with Gasteiger partial charge in [-0.3, -0.25) is 10.1 Å². The Balaban J connectivity index is 4.63. The average Bonchev–Trinajstić information content (AvgIpc) is 1.95. The standard InChI is InChI=1S/C14H29NO2/c1-10(2)9-11(15-13(3,4)5)12(16)17-14(6,7)8/h10-11,15H,9H2,1-8H3. The van der Waals surface area contributed by atoms with Crippen LogP contribution in [-0.4, -0.2) is 23.2 Å². The molecule has 0 spiro atoms. The van der Waals surface area contributed by atoms with Gasteiger partial charge in [-0.05, 0) is 53.9 Å². The second-order valence-corrected chi connectivity index (χ2v) is 7.11. The predicted octanol–water partition coefficient (Wildman–Crippen LogP) is 3.13. The average molecular weight is 243 g/mol. The lowest BCUT2D eigenvalue weighted by Crippen LogP contribution is -2.50. The van der Waals surface area contributed by atoms with Gasteiger partial charge in [0.2, 0.25) is 0 Å². The van der Waals surface area contributed by atoms with E-state index < -0.39 is 5.60 Å². The molecule has 0 radical (unpaired) electrons. The van der Waals surface area contributed by atoms with Gasteiger partial charge in [0.1, 0.15) is 11.6 Å². The molecule has 0 heterocycles. The molecule has 0 aliphatic carbocycles. The minimum atomic E-state index is -0.425. The van der Waals surface area contributed by atoms with Gasteiger partial charge in [-0.25, -0.2) is 0 Å². The zero-order valence-electron chi connectivity index (χ0n) is 12.7. The molecule has 3 heteroatoms. The van der Waals surface area contributed by atoms with Crippen LogP contribution in [0.15, 0.2) is 0 Å². The third kappa shape index (κ3) is 9.16. The van der Waals surface area contributed by atoms with Gasteiger partial charge in [-0.2, -0.15) is 0 Å². The highest BCUT2D eigenvalue weighted by Crippen LogP contribution is 2.15. The maximum atomic E-state index is 12.1. The van der Waals surface area contributed by atoms with Crippen molar-refractivity contribution in [2.75, 3.05) is 0 Å². The molecule has 0 saturated heterocycles. The molecule has 0 amide bonds. The molecule has 0 aliphatic rings. The highest BCUT2D eigenvalue weighted by atomic mass is 16.6. The van der Waals surface area contributed by atoms with E-state index in [1.54, 1.807) is 0 Å². The zero-order valence-corrected chi connectivity index (χ0v) is 12.7. The molecular weight excluding hydrogens is 214 g/mol. The molecule has 0 aromatic heterocycles. The second-order valence-electron chi connectivity index (χ2n) is 7.11. The van der Waals surface area contributed by atoms with Gasteiger partial charge in [0.15, 0.2) is 0 Å². The van der Waals surface area contributed by atoms with Crippen molar-refractivity contribution in [3.05, 3.63) is 0 Å². The van der Waals surface area contributed by atoms with E-state index in [4.69, 9.17) is 4.74 Å². The Bertz CT molecular complexity index is 246. The highest BCUT2D eigenvalue weighted by molar-refractivity contribution is 5.76. The Labute approximate surface area is 106 Å². The van der Waals surface area contributed by atoms with Crippen molar-refractivity contribution in [1.82, 2.24) is 5.32 Å². The molecule has 0 rings (SSSR count). The number of carbonyl (C=O) groups excluding carboxylic acids is 1. The number of hydrogen-bond donors (Lipinski definition) is 1. The summed E-state index contributed by atoms with van der Waals surface area (Å²) in [6, 6.07) is -0.228. The van der Waals surface area contributed by atoms with Gasteiger partial charge in [-0.15, -0.1) is 0 Å². The number of rotatable bonds is 4. The molecule has 3 nitrogen and oxygen atoms in total. The summed E-state index contributed by atoms with van der Waals surface area (Å²) in [6.45, 7) is 16.1. The maximum Gasteiger partial charge on any atom is 0.323 e. The van der Waals surface area contributed by atoms with E-state index in [0.29, 0.717) is 5.92 Å². The van der Waals surface area contributed by atoms with E-state index in [1.165, 1.54) is 0 Å². The third-order valence-electron chi connectivity index (χ3n) is 2.01. The van der Waals surface area contributed by atoms with Crippen LogP contribution in [0, 0.1) is 5.92 Å². The van der Waals surface area contributed by atoms with Crippen LogP contribution >= 0.6 is 0 Å². The summed E-state index contributed by atoms with van der Waals surface area (Å²) in [6.07, 6.45) is 0.798. The molecule has 1 unspecified atom stereocenters. The van der Waals surface area contributed by atoms with Crippen LogP contribution < -0.4 is 5.32 Å². The van der Waals surface area contributed by atoms with E-state index in [9.17, 15) is 4.79 Å². The minimum Gasteiger partial charge on any atom is -0.459 e. The topological polar surface area (TPSA) is 38.3 Å². The predicted molar refractivity (Wildman–Crippen MR) is 72.0 cm³/mol. The fourth-order valence-electron chi connectivity index (χ4n) is 1.58. The summed E-state index contributed by atoms with van der Waals surface area (Å²) in [5.41, 5.74) is -0.512. The highest BCUT2D eigenvalue weighted by Gasteiger charge is 2.28. The van der Waals surface area contributed by atoms with Crippen molar-refractivity contribution in [2.24, 2.45) is 5.92 Å². The Kier molecular flexibility index (Phi) is 5.66. The van der Waals surface area contributed by atoms with Gasteiger partial charge in [0.05, 0.1) is 0 Å². The maximum absolute atomic E-state index is 12.1. The quantitative estimate of drug-likeness (QED) is 0.771. The summed E-state index contributed by atoms with van der Waals surface area (Å²) < 4.78 is 5.45. The lowest BCUT2D eigenvalue weighted by atomic mass is 9.99. The summed E-state index contributed by atoms with van der Waals surface area (Å²) in [5.74, 6) is 0.309. The first kappa shape index (κ1) is 16.4. The molecule has 1 N–H and O–H groups in total. The monoisotopic (exact) mass is 243 g/mol. The number of ether oxygens (including phenoxy) is 1. The van der Waals surface area contributed by atoms with Crippen molar-refractivity contribution in [3.8, 4) is 0 Å². The fraction of sp³-hybridized carbons (Fsp3) is 0.929. The van der Waals surface area contributed by atoms with Crippen LogP contribution in [0.1, 0.15) is 61.8 Å². The Hall–Kier alpha value is -0.570. The summed E-state index contributed by atoms with van der Waals surface area (Å²) in [5, 5.41) is 3.34. The van der Waals surface area contributed by atoms with Crippen LogP contribution in [-0.2, 0) is 9.53 Å². The van der Waals surface area contributed by atoms with Gasteiger partial charge < -0.3 is 4.74 Å². The molecule has 0 bridgehead atoms. The fourth-order valence-corrected chi connectivity index (χ4v) is 1.58. The van der Waals surface area contributed by atoms with Gasteiger partial charge in [0, 0.05) is 5.54 Å². The van der Waals surface area contributed by atoms with Crippen molar-refractivity contribution in [2.45, 2.75) is 79.0 Å². The molecule has 0 aromatic carbocycles. The van der Waals surface area contributed by atoms with Crippen molar-refractivity contribution in [1.29, 1.82) is 0 Å². The first-order valence-corrected chi connectivity index (χ1v) is 6.41. The molecule has 0 aliphatic heterocycles. The molecule has 0 saturated carbocycles. The van der Waals surface area contributed by atoms with E-state index in [0.717, 1.165) is 6.42 Å². The molecule has 17 heavy (non-hydrogen) atoms. The molecular formula is C14H29NO2. The normalized spacial score (nSPS) is 14.9. The van der Waals surface area contributed by atoms with E-state index in [2.05, 4.69) is 39.9 Å². The molecule has 0 fully saturated rings. The largest absolute Gasteiger partial charge is 0.459 e. The Morgan fingerprint density at radius 3 is 1.88 bits per heavy atom. The molecule has 102 valence electrons. The smallest absolute Gasteiger partial charge is 0.323 e. The lowest BCUT2D eigenvalue weighted by Gasteiger charge is -2.30. The van der Waals surface area contributed by atoms with E-state index >= 15 is 0 Å². The Morgan fingerprint density at radius 2 is 1.59 bits per heavy atom. The third-order valence-corrected chi connectivity index (χ3v) is 2.01. The summed E-state index contributed by atoms with van der Waals surface area (Å²) in [7, 11) is 0. The van der Waals surface area contributed by atoms with Crippen LogP contribution in [0.3, 0.4) is 0 Å². The van der Waals surface area contributed by atoms with Crippen molar-refractivity contribution in [3.63, 3.8) is 0 Å².